The number of ether oxygens (including phenoxy) is 1. The Labute approximate surface area is 133 Å². The van der Waals surface area contributed by atoms with Gasteiger partial charge in [-0.2, -0.15) is 0 Å². The summed E-state index contributed by atoms with van der Waals surface area (Å²) < 4.78 is 19.2. The minimum Gasteiger partial charge on any atom is -0.489 e. The molecule has 0 aliphatic carbocycles. The molecule has 0 heterocycles. The fraction of sp³-hybridized carbons (Fsp3) is 0.250. The smallest absolute Gasteiger partial charge is 0.127 e. The van der Waals surface area contributed by atoms with Gasteiger partial charge in [0.25, 0.3) is 0 Å². The summed E-state index contributed by atoms with van der Waals surface area (Å²) in [4.78, 5) is 0. The van der Waals surface area contributed by atoms with Crippen LogP contribution in [0, 0.1) is 5.82 Å². The van der Waals surface area contributed by atoms with Crippen molar-refractivity contribution in [2.45, 2.75) is 20.1 Å². The molecule has 0 saturated heterocycles. The molecule has 0 fully saturated rings. The van der Waals surface area contributed by atoms with E-state index in [1.807, 2.05) is 6.92 Å². The zero-order valence-corrected chi connectivity index (χ0v) is 13.1. The quantitative estimate of drug-likeness (QED) is 0.821. The highest BCUT2D eigenvalue weighted by Gasteiger charge is 2.07. The molecule has 1 N–H and O–H groups in total. The first-order valence-electron chi connectivity index (χ1n) is 6.66. The number of halogens is 3. The molecular weight excluding hydrogens is 312 g/mol. The summed E-state index contributed by atoms with van der Waals surface area (Å²) in [6.45, 7) is 3.61. The molecule has 0 unspecified atom stereocenters. The van der Waals surface area contributed by atoms with Crippen LogP contribution in [0.2, 0.25) is 10.0 Å². The molecule has 0 atom stereocenters. The third-order valence-electron chi connectivity index (χ3n) is 2.96. The first kappa shape index (κ1) is 16.1. The number of hydrogen-bond donors (Lipinski definition) is 1. The lowest BCUT2D eigenvalue weighted by atomic mass is 10.2. The van der Waals surface area contributed by atoms with Gasteiger partial charge in [-0.15, -0.1) is 0 Å². The fourth-order valence-electron chi connectivity index (χ4n) is 1.90. The first-order valence-corrected chi connectivity index (χ1v) is 7.41. The molecule has 0 aromatic heterocycles. The minimum atomic E-state index is -0.328. The maximum Gasteiger partial charge on any atom is 0.127 e. The van der Waals surface area contributed by atoms with Crippen LogP contribution >= 0.6 is 23.2 Å². The molecule has 0 aliphatic rings. The van der Waals surface area contributed by atoms with Gasteiger partial charge in [-0.3, -0.25) is 0 Å². The molecule has 21 heavy (non-hydrogen) atoms. The van der Waals surface area contributed by atoms with Crippen molar-refractivity contribution in [3.63, 3.8) is 0 Å². The Kier molecular flexibility index (Phi) is 5.85. The molecule has 5 heteroatoms. The average molecular weight is 328 g/mol. The lowest BCUT2D eigenvalue weighted by Crippen LogP contribution is -2.12. The summed E-state index contributed by atoms with van der Waals surface area (Å²) in [5, 5.41) is 4.21. The highest BCUT2D eigenvalue weighted by molar-refractivity contribution is 6.35. The third kappa shape index (κ3) is 4.60. The summed E-state index contributed by atoms with van der Waals surface area (Å²) in [6, 6.07) is 9.89. The molecule has 0 bridgehead atoms. The highest BCUT2D eigenvalue weighted by atomic mass is 35.5. The summed E-state index contributed by atoms with van der Waals surface area (Å²) in [6.07, 6.45) is 0. The van der Waals surface area contributed by atoms with E-state index in [1.54, 1.807) is 24.3 Å². The molecule has 0 radical (unpaired) electrons. The van der Waals surface area contributed by atoms with Crippen molar-refractivity contribution in [1.29, 1.82) is 0 Å². The van der Waals surface area contributed by atoms with Gasteiger partial charge in [-0.05, 0) is 36.4 Å². The van der Waals surface area contributed by atoms with E-state index < -0.39 is 0 Å². The normalized spacial score (nSPS) is 10.7. The monoisotopic (exact) mass is 327 g/mol. The maximum atomic E-state index is 13.6. The van der Waals surface area contributed by atoms with Crippen LogP contribution in [0.1, 0.15) is 18.1 Å². The van der Waals surface area contributed by atoms with Crippen LogP contribution < -0.4 is 10.1 Å². The zero-order chi connectivity index (χ0) is 15.2. The van der Waals surface area contributed by atoms with Crippen LogP contribution in [0.3, 0.4) is 0 Å². The Morgan fingerprint density at radius 3 is 2.52 bits per heavy atom. The van der Waals surface area contributed by atoms with Gasteiger partial charge >= 0.3 is 0 Å². The number of nitrogens with one attached hydrogen (secondary N) is 1. The molecule has 0 saturated carbocycles. The van der Waals surface area contributed by atoms with Crippen molar-refractivity contribution in [1.82, 2.24) is 5.32 Å². The van der Waals surface area contributed by atoms with Gasteiger partial charge in [-0.1, -0.05) is 36.2 Å². The van der Waals surface area contributed by atoms with Crippen LogP contribution in [0.4, 0.5) is 4.39 Å². The van der Waals surface area contributed by atoms with Gasteiger partial charge in [0.15, 0.2) is 0 Å². The number of benzene rings is 2. The maximum absolute atomic E-state index is 13.6. The lowest BCUT2D eigenvalue weighted by Gasteiger charge is -2.11. The van der Waals surface area contributed by atoms with Gasteiger partial charge in [-0.25, -0.2) is 4.39 Å². The Bertz CT molecular complexity index is 599. The van der Waals surface area contributed by atoms with Gasteiger partial charge < -0.3 is 10.1 Å². The predicted molar refractivity (Wildman–Crippen MR) is 84.6 cm³/mol. The first-order chi connectivity index (χ1) is 10.1. The van der Waals surface area contributed by atoms with Crippen molar-refractivity contribution in [2.75, 3.05) is 6.54 Å². The van der Waals surface area contributed by atoms with Gasteiger partial charge in [0.1, 0.15) is 18.2 Å². The summed E-state index contributed by atoms with van der Waals surface area (Å²) >= 11 is 12.2. The van der Waals surface area contributed by atoms with E-state index in [0.717, 1.165) is 12.1 Å². The Morgan fingerprint density at radius 1 is 1.14 bits per heavy atom. The van der Waals surface area contributed by atoms with Crippen LogP contribution in [-0.4, -0.2) is 6.54 Å². The standard InChI is InChI=1S/C16H16Cl2FNO/c1-2-20-9-11-6-12(19)8-13(7-11)21-10-14-15(17)4-3-5-16(14)18/h3-8,20H,2,9-10H2,1H3. The molecular formula is C16H16Cl2FNO. The molecule has 0 spiro atoms. The molecule has 0 amide bonds. The predicted octanol–water partition coefficient (Wildman–Crippen LogP) is 4.82. The topological polar surface area (TPSA) is 21.3 Å². The van der Waals surface area contributed by atoms with Gasteiger partial charge in [0, 0.05) is 28.2 Å². The van der Waals surface area contributed by atoms with Crippen molar-refractivity contribution in [3.05, 3.63) is 63.4 Å². The average Bonchev–Trinajstić information content (AvgIpc) is 2.44. The molecule has 2 nitrogen and oxygen atoms in total. The number of rotatable bonds is 6. The summed E-state index contributed by atoms with van der Waals surface area (Å²) in [7, 11) is 0. The number of hydrogen-bond acceptors (Lipinski definition) is 2. The van der Waals surface area contributed by atoms with Crippen LogP contribution in [0.15, 0.2) is 36.4 Å². The highest BCUT2D eigenvalue weighted by Crippen LogP contribution is 2.26. The minimum absolute atomic E-state index is 0.197. The third-order valence-corrected chi connectivity index (χ3v) is 3.66. The van der Waals surface area contributed by atoms with E-state index in [1.165, 1.54) is 12.1 Å². The molecule has 2 aromatic rings. The largest absolute Gasteiger partial charge is 0.489 e. The van der Waals surface area contributed by atoms with Crippen LogP contribution in [0.25, 0.3) is 0 Å². The fourth-order valence-corrected chi connectivity index (χ4v) is 2.41. The zero-order valence-electron chi connectivity index (χ0n) is 11.6. The second-order valence-corrected chi connectivity index (χ2v) is 5.38. The summed E-state index contributed by atoms with van der Waals surface area (Å²) in [5.74, 6) is 0.129. The molecule has 0 aliphatic heterocycles. The Balaban J connectivity index is 2.11. The second-order valence-electron chi connectivity index (χ2n) is 4.56. The van der Waals surface area contributed by atoms with E-state index in [0.29, 0.717) is 27.9 Å². The van der Waals surface area contributed by atoms with Crippen molar-refractivity contribution < 1.29 is 9.13 Å². The van der Waals surface area contributed by atoms with E-state index in [-0.39, 0.29) is 12.4 Å². The van der Waals surface area contributed by atoms with Gasteiger partial charge in [0.2, 0.25) is 0 Å². The van der Waals surface area contributed by atoms with E-state index in [9.17, 15) is 4.39 Å². The van der Waals surface area contributed by atoms with Gasteiger partial charge in [0.05, 0.1) is 0 Å². The lowest BCUT2D eigenvalue weighted by molar-refractivity contribution is 0.304. The SMILES string of the molecule is CCNCc1cc(F)cc(OCc2c(Cl)cccc2Cl)c1. The Hall–Kier alpha value is -1.29. The Morgan fingerprint density at radius 2 is 1.86 bits per heavy atom. The van der Waals surface area contributed by atoms with Crippen LogP contribution in [0.5, 0.6) is 5.75 Å². The van der Waals surface area contributed by atoms with Crippen molar-refractivity contribution in [2.24, 2.45) is 0 Å². The summed E-state index contributed by atoms with van der Waals surface area (Å²) in [5.41, 5.74) is 1.52. The van der Waals surface area contributed by atoms with Crippen molar-refractivity contribution in [3.8, 4) is 5.75 Å². The molecule has 2 rings (SSSR count). The van der Waals surface area contributed by atoms with Crippen molar-refractivity contribution >= 4 is 23.2 Å². The molecule has 112 valence electrons. The van der Waals surface area contributed by atoms with E-state index in [4.69, 9.17) is 27.9 Å². The van der Waals surface area contributed by atoms with Crippen LogP contribution in [-0.2, 0) is 13.2 Å². The molecule has 2 aromatic carbocycles. The van der Waals surface area contributed by atoms with E-state index in [2.05, 4.69) is 5.32 Å². The van der Waals surface area contributed by atoms with E-state index >= 15 is 0 Å². The second kappa shape index (κ2) is 7.64.